The van der Waals surface area contributed by atoms with Crippen molar-refractivity contribution in [3.05, 3.63) is 53.0 Å². The van der Waals surface area contributed by atoms with Gasteiger partial charge in [-0.3, -0.25) is 9.89 Å². The molecule has 1 atom stereocenters. The number of para-hydroxylation sites is 1. The first-order chi connectivity index (χ1) is 13.5. The van der Waals surface area contributed by atoms with Crippen LogP contribution in [0.15, 0.2) is 35.6 Å². The third-order valence-corrected chi connectivity index (χ3v) is 6.37. The summed E-state index contributed by atoms with van der Waals surface area (Å²) >= 11 is 0. The average Bonchev–Trinajstić information content (AvgIpc) is 3.32. The minimum atomic E-state index is -0.261. The molecular weight excluding hydrogens is 350 g/mol. The largest absolute Gasteiger partial charge is 0.361 e. The quantitative estimate of drug-likeness (QED) is 0.460. The molecule has 1 aliphatic carbocycles. The molecule has 1 aromatic carbocycles. The fraction of sp³-hybridized carbons (Fsp3) is 0.409. The predicted molar refractivity (Wildman–Crippen MR) is 112 cm³/mol. The minimum Gasteiger partial charge on any atom is -0.361 e. The topological polar surface area (TPSA) is 85.9 Å². The van der Waals surface area contributed by atoms with Gasteiger partial charge in [0.25, 0.3) is 5.91 Å². The van der Waals surface area contributed by atoms with Gasteiger partial charge in [-0.05, 0) is 36.7 Å². The average molecular weight is 377 g/mol. The van der Waals surface area contributed by atoms with Crippen molar-refractivity contribution in [1.29, 1.82) is 0 Å². The Labute approximate surface area is 164 Å². The zero-order valence-electron chi connectivity index (χ0n) is 16.7. The van der Waals surface area contributed by atoms with E-state index >= 15 is 0 Å². The number of H-pyrrole nitrogens is 2. The summed E-state index contributed by atoms with van der Waals surface area (Å²) in [7, 11) is 0. The summed E-state index contributed by atoms with van der Waals surface area (Å²) in [6.45, 7) is 6.86. The number of hydrogen-bond acceptors (Lipinski definition) is 3. The van der Waals surface area contributed by atoms with E-state index in [0.717, 1.165) is 53.4 Å². The van der Waals surface area contributed by atoms with Gasteiger partial charge in [-0.15, -0.1) is 0 Å². The van der Waals surface area contributed by atoms with Gasteiger partial charge in [0.15, 0.2) is 5.69 Å². The van der Waals surface area contributed by atoms with Crippen molar-refractivity contribution >= 4 is 23.0 Å². The Bertz CT molecular complexity index is 1030. The normalized spacial score (nSPS) is 17.2. The van der Waals surface area contributed by atoms with E-state index < -0.39 is 0 Å². The van der Waals surface area contributed by atoms with Crippen molar-refractivity contribution in [3.63, 3.8) is 0 Å². The van der Waals surface area contributed by atoms with E-state index in [-0.39, 0.29) is 11.3 Å². The number of rotatable bonds is 5. The highest BCUT2D eigenvalue weighted by atomic mass is 16.2. The van der Waals surface area contributed by atoms with Gasteiger partial charge in [-0.25, -0.2) is 5.43 Å². The molecule has 146 valence electrons. The van der Waals surface area contributed by atoms with Crippen LogP contribution < -0.4 is 5.43 Å². The Balaban J connectivity index is 1.49. The Hall–Kier alpha value is -2.89. The lowest BCUT2D eigenvalue weighted by Crippen LogP contribution is -2.30. The van der Waals surface area contributed by atoms with Gasteiger partial charge in [0, 0.05) is 33.9 Å². The third kappa shape index (κ3) is 3.35. The van der Waals surface area contributed by atoms with E-state index in [1.54, 1.807) is 6.21 Å². The fourth-order valence-electron chi connectivity index (χ4n) is 4.05. The SMILES string of the molecule is CCC(C)(C)C1CCc2[nH]nc(C(=O)N/N=C/c3c[nH]c4ccccc34)c2C1. The van der Waals surface area contributed by atoms with Gasteiger partial charge < -0.3 is 4.98 Å². The van der Waals surface area contributed by atoms with E-state index in [1.165, 1.54) is 0 Å². The van der Waals surface area contributed by atoms with E-state index in [1.807, 2.05) is 30.5 Å². The fourth-order valence-corrected chi connectivity index (χ4v) is 4.05. The molecule has 1 unspecified atom stereocenters. The number of carbonyl (C=O) groups is 1. The van der Waals surface area contributed by atoms with Crippen LogP contribution in [0.1, 0.15) is 60.9 Å². The van der Waals surface area contributed by atoms with E-state index in [2.05, 4.69) is 46.5 Å². The monoisotopic (exact) mass is 377 g/mol. The molecule has 0 radical (unpaired) electrons. The molecule has 28 heavy (non-hydrogen) atoms. The molecule has 0 spiro atoms. The smallest absolute Gasteiger partial charge is 0.292 e. The highest BCUT2D eigenvalue weighted by molar-refractivity contribution is 6.00. The van der Waals surface area contributed by atoms with Crippen molar-refractivity contribution in [2.24, 2.45) is 16.4 Å². The molecule has 0 bridgehead atoms. The first-order valence-electron chi connectivity index (χ1n) is 9.95. The molecule has 2 aromatic heterocycles. The second-order valence-electron chi connectivity index (χ2n) is 8.30. The van der Waals surface area contributed by atoms with Crippen molar-refractivity contribution in [3.8, 4) is 0 Å². The van der Waals surface area contributed by atoms with Gasteiger partial charge in [-0.1, -0.05) is 45.4 Å². The van der Waals surface area contributed by atoms with Crippen LogP contribution >= 0.6 is 0 Å². The number of carbonyl (C=O) groups excluding carboxylic acids is 1. The van der Waals surface area contributed by atoms with Gasteiger partial charge in [0.1, 0.15) is 0 Å². The summed E-state index contributed by atoms with van der Waals surface area (Å²) in [5.41, 5.74) is 7.50. The van der Waals surface area contributed by atoms with Gasteiger partial charge >= 0.3 is 0 Å². The number of nitrogens with one attached hydrogen (secondary N) is 3. The number of aromatic amines is 2. The van der Waals surface area contributed by atoms with Crippen LogP contribution in [0.4, 0.5) is 0 Å². The lowest BCUT2D eigenvalue weighted by molar-refractivity contribution is 0.0947. The van der Waals surface area contributed by atoms with Crippen LogP contribution in [0.25, 0.3) is 10.9 Å². The van der Waals surface area contributed by atoms with Crippen molar-refractivity contribution in [2.45, 2.75) is 46.5 Å². The Morgan fingerprint density at radius 2 is 2.21 bits per heavy atom. The number of fused-ring (bicyclic) bond motifs is 2. The molecule has 6 nitrogen and oxygen atoms in total. The van der Waals surface area contributed by atoms with Crippen LogP contribution in [0.2, 0.25) is 0 Å². The summed E-state index contributed by atoms with van der Waals surface area (Å²) in [5.74, 6) is 0.299. The van der Waals surface area contributed by atoms with Crippen LogP contribution in [0, 0.1) is 11.3 Å². The summed E-state index contributed by atoms with van der Waals surface area (Å²) in [6.07, 6.45) is 7.65. The maximum absolute atomic E-state index is 12.7. The number of hydrazone groups is 1. The van der Waals surface area contributed by atoms with Crippen LogP contribution in [-0.4, -0.2) is 27.3 Å². The van der Waals surface area contributed by atoms with E-state index in [9.17, 15) is 4.79 Å². The number of aryl methyl sites for hydroxylation is 1. The molecule has 1 aliphatic rings. The Morgan fingerprint density at radius 1 is 1.39 bits per heavy atom. The van der Waals surface area contributed by atoms with Gasteiger partial charge in [-0.2, -0.15) is 10.2 Å². The maximum atomic E-state index is 12.7. The Morgan fingerprint density at radius 3 is 3.04 bits per heavy atom. The molecule has 0 fully saturated rings. The summed E-state index contributed by atoms with van der Waals surface area (Å²) in [4.78, 5) is 15.9. The molecule has 6 heteroatoms. The molecule has 0 aliphatic heterocycles. The molecular formula is C22H27N5O. The number of benzene rings is 1. The number of aromatic nitrogens is 3. The lowest BCUT2D eigenvalue weighted by Gasteiger charge is -2.36. The van der Waals surface area contributed by atoms with Crippen LogP contribution in [0.5, 0.6) is 0 Å². The second kappa shape index (κ2) is 7.26. The minimum absolute atomic E-state index is 0.260. The highest BCUT2D eigenvalue weighted by Crippen LogP contribution is 2.40. The van der Waals surface area contributed by atoms with Crippen LogP contribution in [0.3, 0.4) is 0 Å². The van der Waals surface area contributed by atoms with E-state index in [4.69, 9.17) is 0 Å². The number of amides is 1. The zero-order chi connectivity index (χ0) is 19.7. The summed E-state index contributed by atoms with van der Waals surface area (Å²) < 4.78 is 0. The molecule has 3 aromatic rings. The summed E-state index contributed by atoms with van der Waals surface area (Å²) in [5, 5.41) is 12.6. The highest BCUT2D eigenvalue weighted by Gasteiger charge is 2.34. The molecule has 0 saturated heterocycles. The Kier molecular flexibility index (Phi) is 4.79. The lowest BCUT2D eigenvalue weighted by atomic mass is 9.69. The molecule has 1 amide bonds. The molecule has 3 N–H and O–H groups in total. The molecule has 2 heterocycles. The third-order valence-electron chi connectivity index (χ3n) is 6.37. The van der Waals surface area contributed by atoms with Crippen LogP contribution in [-0.2, 0) is 12.8 Å². The molecule has 0 saturated carbocycles. The van der Waals surface area contributed by atoms with Gasteiger partial charge in [0.2, 0.25) is 0 Å². The van der Waals surface area contributed by atoms with E-state index in [0.29, 0.717) is 11.6 Å². The predicted octanol–water partition coefficient (Wildman–Crippen LogP) is 4.20. The second-order valence-corrected chi connectivity index (χ2v) is 8.30. The number of nitrogens with zero attached hydrogens (tertiary/aromatic N) is 2. The standard InChI is InChI=1S/C22H27N5O/c1-4-22(2,3)15-9-10-19-17(11-15)20(26-25-19)21(28)27-24-13-14-12-23-18-8-6-5-7-16(14)18/h5-8,12-13,15,23H,4,9-11H2,1-3H3,(H,25,26)(H,27,28)/b24-13+. The summed E-state index contributed by atoms with van der Waals surface area (Å²) in [6, 6.07) is 8.00. The maximum Gasteiger partial charge on any atom is 0.292 e. The first kappa shape index (κ1) is 18.5. The van der Waals surface area contributed by atoms with Gasteiger partial charge in [0.05, 0.1) is 6.21 Å². The first-order valence-corrected chi connectivity index (χ1v) is 9.95. The van der Waals surface area contributed by atoms with Crippen molar-refractivity contribution < 1.29 is 4.79 Å². The van der Waals surface area contributed by atoms with Crippen molar-refractivity contribution in [1.82, 2.24) is 20.6 Å². The zero-order valence-corrected chi connectivity index (χ0v) is 16.7. The van der Waals surface area contributed by atoms with Crippen molar-refractivity contribution in [2.75, 3.05) is 0 Å². The molecule has 4 rings (SSSR count). The number of hydrogen-bond donors (Lipinski definition) is 3.